The summed E-state index contributed by atoms with van der Waals surface area (Å²) in [6, 6.07) is 8.27. The number of benzene rings is 1. The van der Waals surface area contributed by atoms with Crippen LogP contribution in [0.3, 0.4) is 0 Å². The smallest absolute Gasteiger partial charge is 0.204 e. The van der Waals surface area contributed by atoms with Crippen LogP contribution in [-0.4, -0.2) is 19.2 Å². The fraction of sp³-hybridized carbons (Fsp3) is 0.417. The average molecular weight is 202 g/mol. The molecule has 0 N–H and O–H groups in total. The van der Waals surface area contributed by atoms with Crippen LogP contribution in [0.25, 0.3) is 0 Å². The van der Waals surface area contributed by atoms with E-state index < -0.39 is 0 Å². The van der Waals surface area contributed by atoms with Crippen molar-refractivity contribution in [2.45, 2.75) is 26.0 Å². The first-order valence-corrected chi connectivity index (χ1v) is 5.03. The Balaban J connectivity index is 2.46. The van der Waals surface area contributed by atoms with Gasteiger partial charge in [-0.2, -0.15) is 5.26 Å². The van der Waals surface area contributed by atoms with Gasteiger partial charge in [-0.15, -0.1) is 0 Å². The Morgan fingerprint density at radius 2 is 2.20 bits per heavy atom. The molecule has 15 heavy (non-hydrogen) atoms. The number of likely N-dealkylation sites (N-methyl/N-ethyl adjacent to an activating group) is 1. The number of aryl methyl sites for hydroxylation is 1. The zero-order valence-electron chi connectivity index (χ0n) is 9.19. The van der Waals surface area contributed by atoms with Gasteiger partial charge in [0, 0.05) is 7.05 Å². The number of hydrogen-bond acceptors (Lipinski definition) is 3. The molecule has 0 aromatic heterocycles. The van der Waals surface area contributed by atoms with Crippen LogP contribution in [-0.2, 0) is 0 Å². The second-order valence-corrected chi connectivity index (χ2v) is 3.99. The standard InChI is InChI=1S/C12H14N2O/c1-8-4-5-11-10(6-8)14(3)9(2)12(7-13)15-11/h4-6,9,12H,1-3H3. The summed E-state index contributed by atoms with van der Waals surface area (Å²) in [5.74, 6) is 0.799. The van der Waals surface area contributed by atoms with Crippen molar-refractivity contribution in [2.24, 2.45) is 0 Å². The fourth-order valence-corrected chi connectivity index (χ4v) is 1.79. The maximum Gasteiger partial charge on any atom is 0.204 e. The maximum atomic E-state index is 8.96. The van der Waals surface area contributed by atoms with Crippen molar-refractivity contribution >= 4 is 5.69 Å². The van der Waals surface area contributed by atoms with Crippen LogP contribution in [0.15, 0.2) is 18.2 Å². The zero-order valence-corrected chi connectivity index (χ0v) is 9.19. The molecule has 2 atom stereocenters. The van der Waals surface area contributed by atoms with Crippen molar-refractivity contribution in [3.63, 3.8) is 0 Å². The number of rotatable bonds is 0. The molecule has 1 aliphatic rings. The van der Waals surface area contributed by atoms with Gasteiger partial charge < -0.3 is 9.64 Å². The Morgan fingerprint density at radius 1 is 1.47 bits per heavy atom. The molecule has 2 rings (SSSR count). The lowest BCUT2D eigenvalue weighted by Gasteiger charge is -2.36. The van der Waals surface area contributed by atoms with Crippen molar-refractivity contribution in [1.82, 2.24) is 0 Å². The highest BCUT2D eigenvalue weighted by molar-refractivity contribution is 5.62. The van der Waals surface area contributed by atoms with E-state index in [1.54, 1.807) is 0 Å². The van der Waals surface area contributed by atoms with Crippen LogP contribution >= 0.6 is 0 Å². The van der Waals surface area contributed by atoms with Gasteiger partial charge in [0.15, 0.2) is 0 Å². The molecule has 2 unspecified atom stereocenters. The number of hydrogen-bond donors (Lipinski definition) is 0. The molecule has 1 aliphatic heterocycles. The number of anilines is 1. The Kier molecular flexibility index (Phi) is 2.28. The van der Waals surface area contributed by atoms with Crippen LogP contribution in [0.4, 0.5) is 5.69 Å². The molecule has 1 aromatic carbocycles. The number of nitriles is 1. The molecule has 1 heterocycles. The first-order chi connectivity index (χ1) is 7.13. The molecule has 0 bridgehead atoms. The highest BCUT2D eigenvalue weighted by Crippen LogP contribution is 2.35. The second kappa shape index (κ2) is 3.47. The molecule has 3 heteroatoms. The van der Waals surface area contributed by atoms with Gasteiger partial charge in [-0.25, -0.2) is 0 Å². The zero-order chi connectivity index (χ0) is 11.0. The normalized spacial score (nSPS) is 24.0. The maximum absolute atomic E-state index is 8.96. The lowest BCUT2D eigenvalue weighted by atomic mass is 10.1. The van der Waals surface area contributed by atoms with E-state index in [4.69, 9.17) is 10.00 Å². The summed E-state index contributed by atoms with van der Waals surface area (Å²) in [7, 11) is 2.00. The molecule has 0 saturated carbocycles. The number of ether oxygens (including phenoxy) is 1. The molecule has 1 aromatic rings. The predicted octanol–water partition coefficient (Wildman–Crippen LogP) is 2.10. The topological polar surface area (TPSA) is 36.3 Å². The van der Waals surface area contributed by atoms with E-state index >= 15 is 0 Å². The van der Waals surface area contributed by atoms with Crippen molar-refractivity contribution < 1.29 is 4.74 Å². The van der Waals surface area contributed by atoms with Gasteiger partial charge in [-0.3, -0.25) is 0 Å². The van der Waals surface area contributed by atoms with Gasteiger partial charge in [0.1, 0.15) is 11.8 Å². The molecular weight excluding hydrogens is 188 g/mol. The molecular formula is C12H14N2O. The minimum atomic E-state index is -0.384. The lowest BCUT2D eigenvalue weighted by molar-refractivity contribution is 0.212. The molecule has 78 valence electrons. The van der Waals surface area contributed by atoms with Crippen molar-refractivity contribution in [1.29, 1.82) is 5.26 Å². The molecule has 0 fully saturated rings. The van der Waals surface area contributed by atoms with Crippen molar-refractivity contribution in [3.8, 4) is 11.8 Å². The van der Waals surface area contributed by atoms with E-state index in [0.717, 1.165) is 11.4 Å². The van der Waals surface area contributed by atoms with Crippen LogP contribution in [0, 0.1) is 18.3 Å². The highest BCUT2D eigenvalue weighted by atomic mass is 16.5. The molecule has 0 radical (unpaired) electrons. The third-order valence-corrected chi connectivity index (χ3v) is 2.92. The summed E-state index contributed by atoms with van der Waals surface area (Å²) in [6.45, 7) is 4.05. The van der Waals surface area contributed by atoms with Crippen LogP contribution in [0.5, 0.6) is 5.75 Å². The SMILES string of the molecule is Cc1ccc2c(c1)N(C)C(C)C(C#N)O2. The minimum absolute atomic E-state index is 0.0873. The summed E-state index contributed by atoms with van der Waals surface area (Å²) in [5, 5.41) is 8.96. The summed E-state index contributed by atoms with van der Waals surface area (Å²) in [6.07, 6.45) is -0.384. The number of nitrogens with zero attached hydrogens (tertiary/aromatic N) is 2. The summed E-state index contributed by atoms with van der Waals surface area (Å²) in [4.78, 5) is 2.10. The first kappa shape index (κ1) is 9.85. The van der Waals surface area contributed by atoms with Crippen LogP contribution in [0.2, 0.25) is 0 Å². The van der Waals surface area contributed by atoms with Gasteiger partial charge in [0.2, 0.25) is 6.10 Å². The van der Waals surface area contributed by atoms with Crippen molar-refractivity contribution in [3.05, 3.63) is 23.8 Å². The molecule has 0 amide bonds. The monoisotopic (exact) mass is 202 g/mol. The Bertz CT molecular complexity index is 422. The predicted molar refractivity (Wildman–Crippen MR) is 59.1 cm³/mol. The van der Waals surface area contributed by atoms with Crippen LogP contribution in [0.1, 0.15) is 12.5 Å². The molecule has 0 saturated heterocycles. The van der Waals surface area contributed by atoms with Crippen molar-refractivity contribution in [2.75, 3.05) is 11.9 Å². The average Bonchev–Trinajstić information content (AvgIpc) is 2.24. The summed E-state index contributed by atoms with van der Waals surface area (Å²) in [5.41, 5.74) is 2.26. The third-order valence-electron chi connectivity index (χ3n) is 2.92. The van der Waals surface area contributed by atoms with E-state index in [0.29, 0.717) is 0 Å². The van der Waals surface area contributed by atoms with Crippen LogP contribution < -0.4 is 9.64 Å². The van der Waals surface area contributed by atoms with E-state index in [1.165, 1.54) is 5.56 Å². The number of fused-ring (bicyclic) bond motifs is 1. The summed E-state index contributed by atoms with van der Waals surface area (Å²) >= 11 is 0. The minimum Gasteiger partial charge on any atom is -0.471 e. The summed E-state index contributed by atoms with van der Waals surface area (Å²) < 4.78 is 5.62. The van der Waals surface area contributed by atoms with E-state index in [9.17, 15) is 0 Å². The fourth-order valence-electron chi connectivity index (χ4n) is 1.79. The van der Waals surface area contributed by atoms with Gasteiger partial charge in [0.05, 0.1) is 11.7 Å². The Morgan fingerprint density at radius 3 is 2.87 bits per heavy atom. The van der Waals surface area contributed by atoms with Gasteiger partial charge >= 0.3 is 0 Å². The molecule has 0 aliphatic carbocycles. The largest absolute Gasteiger partial charge is 0.471 e. The van der Waals surface area contributed by atoms with E-state index in [-0.39, 0.29) is 12.1 Å². The quantitative estimate of drug-likeness (QED) is 0.646. The molecule has 0 spiro atoms. The van der Waals surface area contributed by atoms with Gasteiger partial charge in [0.25, 0.3) is 0 Å². The lowest BCUT2D eigenvalue weighted by Crippen LogP contribution is -2.45. The Hall–Kier alpha value is -1.69. The van der Waals surface area contributed by atoms with Gasteiger partial charge in [-0.1, -0.05) is 6.07 Å². The van der Waals surface area contributed by atoms with E-state index in [1.807, 2.05) is 26.1 Å². The third kappa shape index (κ3) is 1.52. The molecule has 3 nitrogen and oxygen atoms in total. The second-order valence-electron chi connectivity index (χ2n) is 3.99. The van der Waals surface area contributed by atoms with E-state index in [2.05, 4.69) is 24.0 Å². The first-order valence-electron chi connectivity index (χ1n) is 5.03. The highest BCUT2D eigenvalue weighted by Gasteiger charge is 2.30. The Labute approximate surface area is 89.9 Å². The van der Waals surface area contributed by atoms with Gasteiger partial charge in [-0.05, 0) is 31.5 Å².